The topological polar surface area (TPSA) is 20.2 Å². The molecule has 2 rings (SSSR count). The van der Waals surface area contributed by atoms with Crippen molar-refractivity contribution in [1.29, 1.82) is 0 Å². The largest absolute Gasteiger partial charge is 0.384 e. The van der Waals surface area contributed by atoms with Crippen LogP contribution in [-0.2, 0) is 0 Å². The number of hydrogen-bond acceptors (Lipinski definition) is 1. The molecule has 0 fully saturated rings. The minimum Gasteiger partial charge on any atom is -0.384 e. The summed E-state index contributed by atoms with van der Waals surface area (Å²) in [5.74, 6) is -0.285. The maximum atomic E-state index is 13.0. The van der Waals surface area contributed by atoms with Crippen LogP contribution in [0.2, 0.25) is 0 Å². The number of halogens is 2. The van der Waals surface area contributed by atoms with Gasteiger partial charge in [0.2, 0.25) is 0 Å². The number of hydrogen-bond donors (Lipinski definition) is 1. The van der Waals surface area contributed by atoms with Gasteiger partial charge in [0.25, 0.3) is 0 Å². The third-order valence-electron chi connectivity index (χ3n) is 2.69. The van der Waals surface area contributed by atoms with Gasteiger partial charge in [-0.05, 0) is 47.9 Å². The first kappa shape index (κ1) is 12.3. The number of rotatable bonds is 2. The maximum Gasteiger partial charge on any atom is 0.123 e. The zero-order chi connectivity index (χ0) is 12.4. The van der Waals surface area contributed by atoms with E-state index in [1.54, 1.807) is 13.0 Å². The lowest BCUT2D eigenvalue weighted by Gasteiger charge is -2.14. The van der Waals surface area contributed by atoms with Crippen LogP contribution in [0.4, 0.5) is 4.39 Å². The Labute approximate surface area is 108 Å². The van der Waals surface area contributed by atoms with Gasteiger partial charge in [-0.15, -0.1) is 0 Å². The molecule has 1 nitrogen and oxygen atoms in total. The van der Waals surface area contributed by atoms with Crippen LogP contribution in [0.1, 0.15) is 22.8 Å². The van der Waals surface area contributed by atoms with Gasteiger partial charge in [0.1, 0.15) is 11.9 Å². The second-order valence-electron chi connectivity index (χ2n) is 3.96. The van der Waals surface area contributed by atoms with Gasteiger partial charge in [-0.3, -0.25) is 0 Å². The molecule has 0 saturated heterocycles. The summed E-state index contributed by atoms with van der Waals surface area (Å²) < 4.78 is 13.9. The molecule has 0 aliphatic rings. The summed E-state index contributed by atoms with van der Waals surface area (Å²) in [7, 11) is 0. The van der Waals surface area contributed by atoms with Crippen LogP contribution in [0.5, 0.6) is 0 Å². The van der Waals surface area contributed by atoms with Crippen molar-refractivity contribution in [3.8, 4) is 0 Å². The highest BCUT2D eigenvalue weighted by Crippen LogP contribution is 2.26. The molecule has 17 heavy (non-hydrogen) atoms. The van der Waals surface area contributed by atoms with Crippen molar-refractivity contribution in [2.24, 2.45) is 0 Å². The van der Waals surface area contributed by atoms with Crippen molar-refractivity contribution < 1.29 is 9.50 Å². The Kier molecular flexibility index (Phi) is 3.60. The van der Waals surface area contributed by atoms with Crippen LogP contribution in [0.3, 0.4) is 0 Å². The summed E-state index contributed by atoms with van der Waals surface area (Å²) in [4.78, 5) is 0. The van der Waals surface area contributed by atoms with Crippen molar-refractivity contribution in [3.05, 3.63) is 69.4 Å². The highest BCUT2D eigenvalue weighted by Gasteiger charge is 2.13. The van der Waals surface area contributed by atoms with E-state index in [-0.39, 0.29) is 5.82 Å². The fraction of sp³-hybridized carbons (Fsp3) is 0.143. The van der Waals surface area contributed by atoms with Crippen molar-refractivity contribution in [3.63, 3.8) is 0 Å². The zero-order valence-corrected chi connectivity index (χ0v) is 10.9. The Hall–Kier alpha value is -1.19. The Bertz CT molecular complexity index is 539. The van der Waals surface area contributed by atoms with E-state index in [2.05, 4.69) is 15.9 Å². The standard InChI is InChI=1S/C14H12BrFO/c1-9-7-12(16)5-6-13(9)14(17)10-3-2-4-11(15)8-10/h2-8,14,17H,1H3/t14-/m0/s1. The molecule has 0 heterocycles. The van der Waals surface area contributed by atoms with E-state index in [4.69, 9.17) is 0 Å². The lowest BCUT2D eigenvalue weighted by Crippen LogP contribution is -2.02. The average Bonchev–Trinajstić information content (AvgIpc) is 2.28. The van der Waals surface area contributed by atoms with Gasteiger partial charge in [0, 0.05) is 4.47 Å². The van der Waals surface area contributed by atoms with Gasteiger partial charge in [-0.2, -0.15) is 0 Å². The predicted molar refractivity (Wildman–Crippen MR) is 69.3 cm³/mol. The lowest BCUT2D eigenvalue weighted by molar-refractivity contribution is 0.219. The van der Waals surface area contributed by atoms with Crippen molar-refractivity contribution in [2.75, 3.05) is 0 Å². The van der Waals surface area contributed by atoms with Crippen LogP contribution in [0.15, 0.2) is 46.9 Å². The van der Waals surface area contributed by atoms with E-state index < -0.39 is 6.10 Å². The minimum absolute atomic E-state index is 0.285. The second kappa shape index (κ2) is 4.98. The van der Waals surface area contributed by atoms with Gasteiger partial charge < -0.3 is 5.11 Å². The molecule has 0 saturated carbocycles. The van der Waals surface area contributed by atoms with Gasteiger partial charge in [-0.25, -0.2) is 4.39 Å². The van der Waals surface area contributed by atoms with E-state index >= 15 is 0 Å². The number of aliphatic hydroxyl groups is 1. The summed E-state index contributed by atoms with van der Waals surface area (Å²) >= 11 is 3.36. The summed E-state index contributed by atoms with van der Waals surface area (Å²) in [5.41, 5.74) is 2.26. The van der Waals surface area contributed by atoms with Gasteiger partial charge in [0.15, 0.2) is 0 Å². The highest BCUT2D eigenvalue weighted by atomic mass is 79.9. The smallest absolute Gasteiger partial charge is 0.123 e. The number of aryl methyl sites for hydroxylation is 1. The Balaban J connectivity index is 2.40. The van der Waals surface area contributed by atoms with Crippen molar-refractivity contribution in [2.45, 2.75) is 13.0 Å². The number of aliphatic hydroxyl groups excluding tert-OH is 1. The molecule has 0 amide bonds. The van der Waals surface area contributed by atoms with E-state index in [1.807, 2.05) is 24.3 Å². The fourth-order valence-electron chi connectivity index (χ4n) is 1.80. The van der Waals surface area contributed by atoms with Crippen molar-refractivity contribution in [1.82, 2.24) is 0 Å². The summed E-state index contributed by atoms with van der Waals surface area (Å²) in [6.45, 7) is 1.79. The highest BCUT2D eigenvalue weighted by molar-refractivity contribution is 9.10. The van der Waals surface area contributed by atoms with Crippen LogP contribution in [-0.4, -0.2) is 5.11 Å². The van der Waals surface area contributed by atoms with Gasteiger partial charge in [0.05, 0.1) is 0 Å². The first-order valence-electron chi connectivity index (χ1n) is 5.27. The van der Waals surface area contributed by atoms with Crippen molar-refractivity contribution >= 4 is 15.9 Å². The molecular formula is C14H12BrFO. The third-order valence-corrected chi connectivity index (χ3v) is 3.18. The van der Waals surface area contributed by atoms with Crippen LogP contribution in [0, 0.1) is 12.7 Å². The molecule has 1 N–H and O–H groups in total. The van der Waals surface area contributed by atoms with E-state index in [0.717, 1.165) is 21.2 Å². The minimum atomic E-state index is -0.729. The summed E-state index contributed by atoms with van der Waals surface area (Å²) in [5, 5.41) is 10.2. The maximum absolute atomic E-state index is 13.0. The quantitative estimate of drug-likeness (QED) is 0.888. The summed E-state index contributed by atoms with van der Waals surface area (Å²) in [6, 6.07) is 11.9. The van der Waals surface area contributed by atoms with E-state index in [1.165, 1.54) is 12.1 Å². The van der Waals surface area contributed by atoms with Crippen LogP contribution >= 0.6 is 15.9 Å². The molecule has 0 aliphatic carbocycles. The fourth-order valence-corrected chi connectivity index (χ4v) is 2.22. The molecular weight excluding hydrogens is 283 g/mol. The van der Waals surface area contributed by atoms with Crippen LogP contribution < -0.4 is 0 Å². The third kappa shape index (κ3) is 2.73. The molecule has 0 radical (unpaired) electrons. The molecule has 0 bridgehead atoms. The van der Waals surface area contributed by atoms with E-state index in [9.17, 15) is 9.50 Å². The Morgan fingerprint density at radius 2 is 1.94 bits per heavy atom. The zero-order valence-electron chi connectivity index (χ0n) is 9.32. The molecule has 1 atom stereocenters. The van der Waals surface area contributed by atoms with Gasteiger partial charge >= 0.3 is 0 Å². The molecule has 3 heteroatoms. The SMILES string of the molecule is Cc1cc(F)ccc1[C@@H](O)c1cccc(Br)c1. The molecule has 2 aromatic rings. The first-order valence-corrected chi connectivity index (χ1v) is 6.07. The normalized spacial score (nSPS) is 12.5. The molecule has 0 aromatic heterocycles. The Morgan fingerprint density at radius 3 is 2.59 bits per heavy atom. The van der Waals surface area contributed by atoms with Crippen LogP contribution in [0.25, 0.3) is 0 Å². The van der Waals surface area contributed by atoms with Gasteiger partial charge in [-0.1, -0.05) is 34.1 Å². The molecule has 0 aliphatic heterocycles. The molecule has 88 valence electrons. The van der Waals surface area contributed by atoms with E-state index in [0.29, 0.717) is 0 Å². The molecule has 2 aromatic carbocycles. The molecule has 0 unspecified atom stereocenters. The lowest BCUT2D eigenvalue weighted by atomic mass is 9.97. The average molecular weight is 295 g/mol. The molecule has 0 spiro atoms. The Morgan fingerprint density at radius 1 is 1.18 bits per heavy atom. The first-order chi connectivity index (χ1) is 8.08. The monoisotopic (exact) mass is 294 g/mol. The number of benzene rings is 2. The summed E-state index contributed by atoms with van der Waals surface area (Å²) in [6.07, 6.45) is -0.729. The predicted octanol–water partition coefficient (Wildman–Crippen LogP) is 3.98. The second-order valence-corrected chi connectivity index (χ2v) is 4.87.